The predicted octanol–water partition coefficient (Wildman–Crippen LogP) is 4.61. The largest absolute Gasteiger partial charge is 0.448 e. The van der Waals surface area contributed by atoms with Crippen molar-refractivity contribution < 1.29 is 14.3 Å². The zero-order chi connectivity index (χ0) is 20.5. The topological polar surface area (TPSA) is 68.3 Å². The zero-order valence-corrected chi connectivity index (χ0v) is 16.8. The van der Waals surface area contributed by atoms with Crippen LogP contribution in [0, 0.1) is 0 Å². The molecular formula is C24H18N2O3S. The van der Waals surface area contributed by atoms with Crippen molar-refractivity contribution in [2.75, 3.05) is 5.32 Å². The first-order valence-electron chi connectivity index (χ1n) is 9.69. The monoisotopic (exact) mass is 414 g/mol. The van der Waals surface area contributed by atoms with Gasteiger partial charge in [0.05, 0.1) is 20.8 Å². The standard InChI is InChI=1S/C24H18N2O3S/c27-23(20-14-16-5-1-2-6-18(16)24(28)29-20)25-17-11-9-15(10-12-17)13-22-26-19-7-3-4-8-21(19)30-22/h1-12,20H,13-14H2,(H,25,27)/t20-/m1/s1. The van der Waals surface area contributed by atoms with Gasteiger partial charge in [-0.25, -0.2) is 9.78 Å². The van der Waals surface area contributed by atoms with Gasteiger partial charge in [-0.2, -0.15) is 0 Å². The maximum absolute atomic E-state index is 12.6. The molecule has 5 rings (SSSR count). The van der Waals surface area contributed by atoms with Crippen molar-refractivity contribution in [3.05, 3.63) is 94.5 Å². The van der Waals surface area contributed by atoms with E-state index < -0.39 is 12.1 Å². The number of carbonyl (C=O) groups is 2. The molecule has 0 bridgehead atoms. The van der Waals surface area contributed by atoms with Gasteiger partial charge in [-0.05, 0) is 41.5 Å². The van der Waals surface area contributed by atoms with Gasteiger partial charge in [0.25, 0.3) is 5.91 Å². The van der Waals surface area contributed by atoms with Crippen LogP contribution in [0.15, 0.2) is 72.8 Å². The number of cyclic esters (lactones) is 1. The van der Waals surface area contributed by atoms with E-state index in [0.717, 1.165) is 28.1 Å². The van der Waals surface area contributed by atoms with Gasteiger partial charge in [-0.3, -0.25) is 4.79 Å². The minimum absolute atomic E-state index is 0.322. The lowest BCUT2D eigenvalue weighted by molar-refractivity contribution is -0.125. The Hall–Kier alpha value is -3.51. The Balaban J connectivity index is 1.25. The maximum Gasteiger partial charge on any atom is 0.339 e. The highest BCUT2D eigenvalue weighted by atomic mass is 32.1. The van der Waals surface area contributed by atoms with Crippen LogP contribution in [0.5, 0.6) is 0 Å². The van der Waals surface area contributed by atoms with Crippen LogP contribution in [-0.2, 0) is 22.4 Å². The first kappa shape index (κ1) is 18.5. The van der Waals surface area contributed by atoms with Crippen LogP contribution in [0.1, 0.15) is 26.5 Å². The number of aromatic nitrogens is 1. The minimum Gasteiger partial charge on any atom is -0.448 e. The molecule has 1 aliphatic rings. The second kappa shape index (κ2) is 7.72. The third kappa shape index (κ3) is 3.69. The molecule has 4 aromatic rings. The molecule has 1 atom stereocenters. The second-order valence-electron chi connectivity index (χ2n) is 7.19. The predicted molar refractivity (Wildman–Crippen MR) is 117 cm³/mol. The Morgan fingerprint density at radius 3 is 2.63 bits per heavy atom. The molecule has 0 saturated carbocycles. The number of benzene rings is 3. The summed E-state index contributed by atoms with van der Waals surface area (Å²) in [4.78, 5) is 29.4. The average molecular weight is 414 g/mol. The Labute approximate surface area is 177 Å². The number of amides is 1. The molecule has 1 aliphatic heterocycles. The van der Waals surface area contributed by atoms with Crippen molar-refractivity contribution in [2.45, 2.75) is 18.9 Å². The molecule has 6 heteroatoms. The number of fused-ring (bicyclic) bond motifs is 2. The average Bonchev–Trinajstić information content (AvgIpc) is 3.17. The zero-order valence-electron chi connectivity index (χ0n) is 16.0. The van der Waals surface area contributed by atoms with Gasteiger partial charge in [0.1, 0.15) is 0 Å². The van der Waals surface area contributed by atoms with E-state index in [2.05, 4.69) is 16.4 Å². The molecule has 0 radical (unpaired) electrons. The minimum atomic E-state index is -0.824. The number of esters is 1. The van der Waals surface area contributed by atoms with Gasteiger partial charge < -0.3 is 10.1 Å². The maximum atomic E-state index is 12.6. The van der Waals surface area contributed by atoms with Crippen molar-refractivity contribution >= 4 is 39.1 Å². The molecule has 5 nitrogen and oxygen atoms in total. The summed E-state index contributed by atoms with van der Waals surface area (Å²) in [7, 11) is 0. The fourth-order valence-corrected chi connectivity index (χ4v) is 4.58. The Kier molecular flexibility index (Phi) is 4.77. The van der Waals surface area contributed by atoms with Crippen LogP contribution in [0.25, 0.3) is 10.2 Å². The molecule has 0 unspecified atom stereocenters. The van der Waals surface area contributed by atoms with E-state index in [0.29, 0.717) is 17.7 Å². The summed E-state index contributed by atoms with van der Waals surface area (Å²) in [5.41, 5.74) is 4.17. The van der Waals surface area contributed by atoms with E-state index in [4.69, 9.17) is 4.74 Å². The molecule has 30 heavy (non-hydrogen) atoms. The van der Waals surface area contributed by atoms with E-state index in [9.17, 15) is 9.59 Å². The van der Waals surface area contributed by atoms with Crippen molar-refractivity contribution in [3.8, 4) is 0 Å². The Bertz CT molecular complexity index is 1210. The molecule has 0 spiro atoms. The lowest BCUT2D eigenvalue weighted by Crippen LogP contribution is -2.37. The smallest absolute Gasteiger partial charge is 0.339 e. The second-order valence-corrected chi connectivity index (χ2v) is 8.31. The van der Waals surface area contributed by atoms with E-state index in [-0.39, 0.29) is 5.91 Å². The van der Waals surface area contributed by atoms with E-state index in [1.165, 1.54) is 4.70 Å². The SMILES string of the molecule is O=C1O[C@@H](C(=O)Nc2ccc(Cc3nc4ccccc4s3)cc2)Cc2ccccc21. The van der Waals surface area contributed by atoms with Gasteiger partial charge in [0.2, 0.25) is 0 Å². The van der Waals surface area contributed by atoms with Gasteiger partial charge in [-0.15, -0.1) is 11.3 Å². The summed E-state index contributed by atoms with van der Waals surface area (Å²) in [6.07, 6.45) is 0.295. The molecule has 1 amide bonds. The molecule has 2 heterocycles. The number of anilines is 1. The summed E-state index contributed by atoms with van der Waals surface area (Å²) in [6.45, 7) is 0. The van der Waals surface area contributed by atoms with Gasteiger partial charge in [0, 0.05) is 18.5 Å². The van der Waals surface area contributed by atoms with Crippen molar-refractivity contribution in [1.82, 2.24) is 4.98 Å². The third-order valence-electron chi connectivity index (χ3n) is 5.10. The van der Waals surface area contributed by atoms with Gasteiger partial charge >= 0.3 is 5.97 Å². The summed E-state index contributed by atoms with van der Waals surface area (Å²) < 4.78 is 6.50. The summed E-state index contributed by atoms with van der Waals surface area (Å²) in [6, 6.07) is 23.0. The molecular weight excluding hydrogens is 396 g/mol. The van der Waals surface area contributed by atoms with Gasteiger partial charge in [0.15, 0.2) is 6.10 Å². The first-order valence-corrected chi connectivity index (χ1v) is 10.5. The van der Waals surface area contributed by atoms with Crippen molar-refractivity contribution in [3.63, 3.8) is 0 Å². The molecule has 148 valence electrons. The highest BCUT2D eigenvalue weighted by Gasteiger charge is 2.31. The number of ether oxygens (including phenoxy) is 1. The highest BCUT2D eigenvalue weighted by Crippen LogP contribution is 2.25. The quantitative estimate of drug-likeness (QED) is 0.495. The van der Waals surface area contributed by atoms with Crippen molar-refractivity contribution in [1.29, 1.82) is 0 Å². The van der Waals surface area contributed by atoms with Crippen LogP contribution in [0.3, 0.4) is 0 Å². The van der Waals surface area contributed by atoms with E-state index in [1.807, 2.05) is 54.6 Å². The molecule has 1 aromatic heterocycles. The number of hydrogen-bond acceptors (Lipinski definition) is 5. The number of rotatable bonds is 4. The Morgan fingerprint density at radius 1 is 1.03 bits per heavy atom. The summed E-state index contributed by atoms with van der Waals surface area (Å²) >= 11 is 1.69. The molecule has 0 aliphatic carbocycles. The van der Waals surface area contributed by atoms with E-state index in [1.54, 1.807) is 23.5 Å². The lowest BCUT2D eigenvalue weighted by atomic mass is 9.98. The third-order valence-corrected chi connectivity index (χ3v) is 6.14. The fraction of sp³-hybridized carbons (Fsp3) is 0.125. The van der Waals surface area contributed by atoms with Gasteiger partial charge in [-0.1, -0.05) is 42.5 Å². The number of nitrogens with one attached hydrogen (secondary N) is 1. The number of nitrogens with zero attached hydrogens (tertiary/aromatic N) is 1. The molecule has 1 N–H and O–H groups in total. The van der Waals surface area contributed by atoms with Crippen LogP contribution in [0.4, 0.5) is 5.69 Å². The fourth-order valence-electron chi connectivity index (χ4n) is 3.58. The van der Waals surface area contributed by atoms with Crippen LogP contribution >= 0.6 is 11.3 Å². The Morgan fingerprint density at radius 2 is 1.80 bits per heavy atom. The summed E-state index contributed by atoms with van der Waals surface area (Å²) in [5, 5.41) is 3.90. The van der Waals surface area contributed by atoms with Crippen LogP contribution in [0.2, 0.25) is 0 Å². The molecule has 0 fully saturated rings. The lowest BCUT2D eigenvalue weighted by Gasteiger charge is -2.23. The first-order chi connectivity index (χ1) is 14.7. The molecule has 0 saturated heterocycles. The number of para-hydroxylation sites is 1. The van der Waals surface area contributed by atoms with Crippen molar-refractivity contribution in [2.24, 2.45) is 0 Å². The normalized spacial score (nSPS) is 15.5. The van der Waals surface area contributed by atoms with Crippen LogP contribution in [-0.4, -0.2) is 23.0 Å². The summed E-state index contributed by atoms with van der Waals surface area (Å²) in [5.74, 6) is -0.778. The molecule has 3 aromatic carbocycles. The van der Waals surface area contributed by atoms with E-state index >= 15 is 0 Å². The number of carbonyl (C=O) groups excluding carboxylic acids is 2. The number of thiazole rings is 1. The highest BCUT2D eigenvalue weighted by molar-refractivity contribution is 7.18. The number of hydrogen-bond donors (Lipinski definition) is 1. The van der Waals surface area contributed by atoms with Crippen LogP contribution < -0.4 is 5.32 Å².